The number of aryl methyl sites for hydroxylation is 1. The van der Waals surface area contributed by atoms with Crippen LogP contribution in [0.3, 0.4) is 0 Å². The highest BCUT2D eigenvalue weighted by atomic mass is 32.2. The summed E-state index contributed by atoms with van der Waals surface area (Å²) in [6.45, 7) is 5.76. The first kappa shape index (κ1) is 12.9. The maximum absolute atomic E-state index is 5.72. The molecule has 6 heteroatoms. The van der Waals surface area contributed by atoms with Crippen molar-refractivity contribution in [3.8, 4) is 0 Å². The molecule has 1 aromatic heterocycles. The molecule has 96 valence electrons. The molecule has 0 bridgehead atoms. The van der Waals surface area contributed by atoms with Crippen LogP contribution >= 0.6 is 11.8 Å². The van der Waals surface area contributed by atoms with Gasteiger partial charge in [0.15, 0.2) is 5.82 Å². The number of hydrogen-bond acceptors (Lipinski definition) is 5. The Morgan fingerprint density at radius 2 is 2.47 bits per heavy atom. The molecule has 0 spiro atoms. The zero-order chi connectivity index (χ0) is 12.1. The first-order chi connectivity index (χ1) is 8.29. The lowest BCUT2D eigenvalue weighted by Crippen LogP contribution is -2.39. The van der Waals surface area contributed by atoms with Gasteiger partial charge in [-0.05, 0) is 31.9 Å². The number of aromatic nitrogens is 3. The van der Waals surface area contributed by atoms with Gasteiger partial charge in [-0.1, -0.05) is 0 Å². The predicted octanol–water partition coefficient (Wildman–Crippen LogP) is 1.24. The third-order valence-electron chi connectivity index (χ3n) is 2.88. The summed E-state index contributed by atoms with van der Waals surface area (Å²) >= 11 is 1.90. The van der Waals surface area contributed by atoms with Crippen LogP contribution in [0.2, 0.25) is 0 Å². The first-order valence-electron chi connectivity index (χ1n) is 6.01. The number of ether oxygens (including phenoxy) is 1. The van der Waals surface area contributed by atoms with Crippen LogP contribution in [-0.2, 0) is 4.74 Å². The second-order valence-corrected chi connectivity index (χ2v) is 5.27. The van der Waals surface area contributed by atoms with Crippen molar-refractivity contribution in [3.63, 3.8) is 0 Å². The van der Waals surface area contributed by atoms with Crippen molar-refractivity contribution in [2.45, 2.75) is 19.4 Å². The van der Waals surface area contributed by atoms with E-state index >= 15 is 0 Å². The monoisotopic (exact) mass is 256 g/mol. The Hall–Kier alpha value is -0.590. The first-order valence-corrected chi connectivity index (χ1v) is 7.41. The zero-order valence-electron chi connectivity index (χ0n) is 10.5. The van der Waals surface area contributed by atoms with E-state index in [1.165, 1.54) is 12.2 Å². The van der Waals surface area contributed by atoms with E-state index in [9.17, 15) is 0 Å². The maximum atomic E-state index is 5.72. The summed E-state index contributed by atoms with van der Waals surface area (Å²) in [4.78, 5) is 6.78. The summed E-state index contributed by atoms with van der Waals surface area (Å²) in [5.74, 6) is 2.86. The quantitative estimate of drug-likeness (QED) is 0.803. The third kappa shape index (κ3) is 3.69. The molecule has 1 aromatic rings. The van der Waals surface area contributed by atoms with Gasteiger partial charge in [-0.3, -0.25) is 10.00 Å². The van der Waals surface area contributed by atoms with E-state index < -0.39 is 0 Å². The lowest BCUT2D eigenvalue weighted by Gasteiger charge is -2.31. The zero-order valence-corrected chi connectivity index (χ0v) is 11.3. The van der Waals surface area contributed by atoms with Crippen LogP contribution in [0.25, 0.3) is 0 Å². The summed E-state index contributed by atoms with van der Waals surface area (Å²) in [5.41, 5.74) is 0. The average Bonchev–Trinajstić information content (AvgIpc) is 2.77. The molecule has 1 N–H and O–H groups in total. The molecular formula is C11H20N4OS. The topological polar surface area (TPSA) is 54.0 Å². The smallest absolute Gasteiger partial charge is 0.180 e. The second-order valence-electron chi connectivity index (χ2n) is 4.29. The van der Waals surface area contributed by atoms with Crippen molar-refractivity contribution in [1.82, 2.24) is 20.1 Å². The fourth-order valence-corrected chi connectivity index (χ4v) is 2.42. The maximum Gasteiger partial charge on any atom is 0.180 e. The van der Waals surface area contributed by atoms with Crippen molar-refractivity contribution < 1.29 is 4.74 Å². The van der Waals surface area contributed by atoms with Gasteiger partial charge >= 0.3 is 0 Å². The molecule has 0 unspecified atom stereocenters. The van der Waals surface area contributed by atoms with Gasteiger partial charge in [-0.2, -0.15) is 16.9 Å². The molecule has 17 heavy (non-hydrogen) atoms. The Morgan fingerprint density at radius 1 is 1.59 bits per heavy atom. The molecule has 0 aliphatic carbocycles. The standard InChI is InChI=1S/C11H20N4OS/c1-9-12-11(14-13-9)10-8-15(5-6-16-10)4-3-7-17-2/h10H,3-8H2,1-2H3,(H,12,13,14)/t10-/m1/s1. The normalized spacial score (nSPS) is 21.9. The summed E-state index contributed by atoms with van der Waals surface area (Å²) in [6.07, 6.45) is 3.42. The Labute approximate surface area is 106 Å². The Morgan fingerprint density at radius 3 is 3.18 bits per heavy atom. The van der Waals surface area contributed by atoms with Crippen LogP contribution in [0.15, 0.2) is 0 Å². The highest BCUT2D eigenvalue weighted by Crippen LogP contribution is 2.19. The van der Waals surface area contributed by atoms with Crippen molar-refractivity contribution >= 4 is 11.8 Å². The number of morpholine rings is 1. The molecule has 2 rings (SSSR count). The van der Waals surface area contributed by atoms with Crippen molar-refractivity contribution in [2.24, 2.45) is 0 Å². The van der Waals surface area contributed by atoms with E-state index in [1.54, 1.807) is 0 Å². The minimum Gasteiger partial charge on any atom is -0.367 e. The molecule has 0 aromatic carbocycles. The Balaban J connectivity index is 1.84. The van der Waals surface area contributed by atoms with Gasteiger partial charge < -0.3 is 4.74 Å². The number of nitrogens with zero attached hydrogens (tertiary/aromatic N) is 3. The SMILES string of the molecule is CSCCCN1CCO[C@@H](c2n[nH]c(C)n2)C1. The van der Waals surface area contributed by atoms with Crippen LogP contribution in [0.5, 0.6) is 0 Å². The number of aromatic amines is 1. The lowest BCUT2D eigenvalue weighted by molar-refractivity contribution is -0.0339. The molecule has 1 fully saturated rings. The van der Waals surface area contributed by atoms with Gasteiger partial charge in [0.2, 0.25) is 0 Å². The molecule has 0 radical (unpaired) electrons. The van der Waals surface area contributed by atoms with E-state index in [2.05, 4.69) is 26.3 Å². The van der Waals surface area contributed by atoms with E-state index in [-0.39, 0.29) is 6.10 Å². The van der Waals surface area contributed by atoms with Gasteiger partial charge in [0, 0.05) is 13.1 Å². The number of thioether (sulfide) groups is 1. The molecule has 2 heterocycles. The van der Waals surface area contributed by atoms with Gasteiger partial charge in [0.25, 0.3) is 0 Å². The van der Waals surface area contributed by atoms with E-state index in [0.717, 1.165) is 37.9 Å². The molecule has 0 amide bonds. The third-order valence-corrected chi connectivity index (χ3v) is 3.57. The van der Waals surface area contributed by atoms with Crippen molar-refractivity contribution in [3.05, 3.63) is 11.6 Å². The highest BCUT2D eigenvalue weighted by molar-refractivity contribution is 7.98. The minimum absolute atomic E-state index is 0.0305. The van der Waals surface area contributed by atoms with Crippen LogP contribution in [0.4, 0.5) is 0 Å². The average molecular weight is 256 g/mol. The number of H-pyrrole nitrogens is 1. The molecular weight excluding hydrogens is 236 g/mol. The van der Waals surface area contributed by atoms with Crippen LogP contribution in [-0.4, -0.2) is 58.3 Å². The number of nitrogens with one attached hydrogen (secondary N) is 1. The summed E-state index contributed by atoms with van der Waals surface area (Å²) in [7, 11) is 0. The minimum atomic E-state index is 0.0305. The van der Waals surface area contributed by atoms with Crippen LogP contribution in [0.1, 0.15) is 24.2 Å². The van der Waals surface area contributed by atoms with E-state index in [4.69, 9.17) is 4.74 Å². The fraction of sp³-hybridized carbons (Fsp3) is 0.818. The van der Waals surface area contributed by atoms with Crippen molar-refractivity contribution in [2.75, 3.05) is 38.2 Å². The fourth-order valence-electron chi connectivity index (χ4n) is 2.00. The molecule has 5 nitrogen and oxygen atoms in total. The molecule has 1 atom stereocenters. The molecule has 1 aliphatic heterocycles. The summed E-state index contributed by atoms with van der Waals surface area (Å²) in [6, 6.07) is 0. The number of hydrogen-bond donors (Lipinski definition) is 1. The summed E-state index contributed by atoms with van der Waals surface area (Å²) in [5, 5.41) is 7.05. The molecule has 1 aliphatic rings. The van der Waals surface area contributed by atoms with Crippen LogP contribution in [0, 0.1) is 6.92 Å². The number of rotatable bonds is 5. The Bertz CT molecular complexity index is 344. The van der Waals surface area contributed by atoms with Gasteiger partial charge in [0.05, 0.1) is 6.61 Å². The van der Waals surface area contributed by atoms with E-state index in [1.807, 2.05) is 18.7 Å². The second kappa shape index (κ2) is 6.37. The molecule has 1 saturated heterocycles. The summed E-state index contributed by atoms with van der Waals surface area (Å²) < 4.78 is 5.72. The Kier molecular flexibility index (Phi) is 4.82. The predicted molar refractivity (Wildman–Crippen MR) is 69.3 cm³/mol. The lowest BCUT2D eigenvalue weighted by atomic mass is 10.2. The van der Waals surface area contributed by atoms with Gasteiger partial charge in [-0.15, -0.1) is 0 Å². The van der Waals surface area contributed by atoms with Gasteiger partial charge in [-0.25, -0.2) is 4.98 Å². The largest absolute Gasteiger partial charge is 0.367 e. The van der Waals surface area contributed by atoms with Crippen LogP contribution < -0.4 is 0 Å². The highest BCUT2D eigenvalue weighted by Gasteiger charge is 2.24. The van der Waals surface area contributed by atoms with E-state index in [0.29, 0.717) is 0 Å². The molecule has 0 saturated carbocycles. The van der Waals surface area contributed by atoms with Gasteiger partial charge in [0.1, 0.15) is 11.9 Å². The van der Waals surface area contributed by atoms with Crippen molar-refractivity contribution in [1.29, 1.82) is 0 Å².